The van der Waals surface area contributed by atoms with Crippen molar-refractivity contribution in [3.8, 4) is 0 Å². The first-order chi connectivity index (χ1) is 24.3. The van der Waals surface area contributed by atoms with Crippen molar-refractivity contribution in [3.05, 3.63) is 48.1 Å². The molecule has 0 amide bonds. The second kappa shape index (κ2) is 13.6. The molecular formula is C24H30N12O12P2S. The molecule has 0 saturated carbocycles. The first-order valence-corrected chi connectivity index (χ1v) is 19.4. The highest BCUT2D eigenvalue weighted by Crippen LogP contribution is 2.57. The van der Waals surface area contributed by atoms with Crippen LogP contribution >= 0.6 is 25.9 Å². The number of ether oxygens (including phenoxy) is 3. The summed E-state index contributed by atoms with van der Waals surface area (Å²) in [5.41, 5.74) is 11.3. The highest BCUT2D eigenvalue weighted by molar-refractivity contribution is 8.55. The molecule has 5 aromatic heterocycles. The number of hydrogen-bond donors (Lipinski definition) is 7. The number of nitrogens with one attached hydrogen (secondary N) is 1. The lowest BCUT2D eigenvalue weighted by Gasteiger charge is -2.26. The van der Waals surface area contributed by atoms with Crippen LogP contribution in [0.3, 0.4) is 0 Å². The van der Waals surface area contributed by atoms with Crippen LogP contribution in [-0.4, -0.2) is 124 Å². The van der Waals surface area contributed by atoms with Gasteiger partial charge in [-0.25, -0.2) is 29.5 Å². The van der Waals surface area contributed by atoms with Gasteiger partial charge in [0.15, 0.2) is 35.1 Å². The van der Waals surface area contributed by atoms with Gasteiger partial charge in [0.1, 0.15) is 48.7 Å². The van der Waals surface area contributed by atoms with Crippen LogP contribution in [0, 0.1) is 0 Å². The van der Waals surface area contributed by atoms with Gasteiger partial charge in [0.05, 0.1) is 25.4 Å². The molecule has 9 N–H and O–H groups in total. The van der Waals surface area contributed by atoms with Crippen molar-refractivity contribution < 1.29 is 52.4 Å². The molecule has 2 aliphatic heterocycles. The molecule has 27 heteroatoms. The second-order valence-electron chi connectivity index (χ2n) is 11.2. The zero-order valence-corrected chi connectivity index (χ0v) is 28.6. The van der Waals surface area contributed by atoms with Crippen LogP contribution in [0.5, 0.6) is 0 Å². The number of methoxy groups -OCH3 is 1. The molecule has 0 radical (unpaired) electrons. The maximum Gasteiger partial charge on any atom is 0.472 e. The Morgan fingerprint density at radius 1 is 0.961 bits per heavy atom. The van der Waals surface area contributed by atoms with Crippen LogP contribution < -0.4 is 17.0 Å². The monoisotopic (exact) mass is 772 g/mol. The molecule has 51 heavy (non-hydrogen) atoms. The summed E-state index contributed by atoms with van der Waals surface area (Å²) in [6, 6.07) is 0. The Kier molecular flexibility index (Phi) is 9.49. The van der Waals surface area contributed by atoms with E-state index < -0.39 is 75.8 Å². The second-order valence-corrected chi connectivity index (χ2v) is 16.9. The Hall–Kier alpha value is -3.84. The van der Waals surface area contributed by atoms with Gasteiger partial charge in [0.25, 0.3) is 5.56 Å². The third-order valence-electron chi connectivity index (χ3n) is 8.13. The van der Waals surface area contributed by atoms with E-state index in [0.29, 0.717) is 11.4 Å². The average Bonchev–Trinajstić information content (AvgIpc) is 3.92. The summed E-state index contributed by atoms with van der Waals surface area (Å²) in [7, 11) is -3.79. The summed E-state index contributed by atoms with van der Waals surface area (Å²) in [6.07, 6.45) is -3.35. The minimum absolute atomic E-state index is 0.0455. The predicted octanol–water partition coefficient (Wildman–Crippen LogP) is -1.26. The Morgan fingerprint density at radius 2 is 1.69 bits per heavy atom. The van der Waals surface area contributed by atoms with Crippen molar-refractivity contribution in [2.75, 3.05) is 30.9 Å². The number of aromatic nitrogens is 10. The van der Waals surface area contributed by atoms with E-state index in [-0.39, 0.29) is 39.8 Å². The molecule has 5 aromatic rings. The quantitative estimate of drug-likeness (QED) is 0.0727. The SMILES string of the molecule is CO[C@@H]1[C@H](OP(=O)(O)OC[C@H]2O[C@@H](n3cnc4c(=O)[nH]c(N)nc43)[C@H](O)[C@@H]2O)[C@@H](CSP(=O)(O)n2ccnc2)O[C@H]1n1cnc2c(N)ncnc21. The van der Waals surface area contributed by atoms with Crippen molar-refractivity contribution in [1.29, 1.82) is 0 Å². The minimum atomic E-state index is -5.08. The van der Waals surface area contributed by atoms with Gasteiger partial charge in [0, 0.05) is 25.3 Å². The molecule has 2 aliphatic rings. The van der Waals surface area contributed by atoms with Crippen molar-refractivity contribution in [3.63, 3.8) is 0 Å². The lowest BCUT2D eigenvalue weighted by molar-refractivity contribution is -0.0579. The zero-order chi connectivity index (χ0) is 36.2. The van der Waals surface area contributed by atoms with Crippen LogP contribution in [-0.2, 0) is 32.4 Å². The van der Waals surface area contributed by atoms with Gasteiger partial charge in [-0.1, -0.05) is 0 Å². The number of fused-ring (bicyclic) bond motifs is 2. The number of rotatable bonds is 12. The minimum Gasteiger partial charge on any atom is -0.387 e. The van der Waals surface area contributed by atoms with E-state index in [1.165, 1.54) is 41.3 Å². The number of aliphatic hydroxyl groups is 2. The number of phosphoric acid groups is 1. The molecule has 2 saturated heterocycles. The molecule has 10 atom stereocenters. The first-order valence-electron chi connectivity index (χ1n) is 14.7. The van der Waals surface area contributed by atoms with Crippen molar-refractivity contribution in [2.45, 2.75) is 49.1 Å². The molecule has 2 unspecified atom stereocenters. The number of anilines is 2. The summed E-state index contributed by atoms with van der Waals surface area (Å²) >= 11 is 0.585. The van der Waals surface area contributed by atoms with Crippen molar-refractivity contribution >= 4 is 60.0 Å². The molecule has 0 bridgehead atoms. The van der Waals surface area contributed by atoms with E-state index in [0.717, 1.165) is 17.0 Å². The highest BCUT2D eigenvalue weighted by atomic mass is 32.7. The van der Waals surface area contributed by atoms with Gasteiger partial charge < -0.3 is 45.7 Å². The number of nitrogens with zero attached hydrogens (tertiary/aromatic N) is 9. The van der Waals surface area contributed by atoms with E-state index in [2.05, 4.69) is 34.9 Å². The maximum absolute atomic E-state index is 13.5. The molecule has 274 valence electrons. The molecular weight excluding hydrogens is 742 g/mol. The number of H-pyrrole nitrogens is 1. The van der Waals surface area contributed by atoms with Gasteiger partial charge in [-0.3, -0.25) is 36.9 Å². The van der Waals surface area contributed by atoms with E-state index in [1.54, 1.807) is 0 Å². The smallest absolute Gasteiger partial charge is 0.387 e. The lowest BCUT2D eigenvalue weighted by atomic mass is 10.1. The number of nitrogens with two attached hydrogens (primary N) is 2. The lowest BCUT2D eigenvalue weighted by Crippen LogP contribution is -2.37. The van der Waals surface area contributed by atoms with Crippen molar-refractivity contribution in [2.24, 2.45) is 0 Å². The van der Waals surface area contributed by atoms with Gasteiger partial charge in [0.2, 0.25) is 5.95 Å². The summed E-state index contributed by atoms with van der Waals surface area (Å²) in [6.45, 7) is -4.87. The molecule has 0 spiro atoms. The number of imidazole rings is 3. The van der Waals surface area contributed by atoms with Gasteiger partial charge in [-0.05, 0) is 11.4 Å². The number of hydrogen-bond acceptors (Lipinski definition) is 19. The van der Waals surface area contributed by atoms with E-state index in [9.17, 15) is 33.9 Å². The van der Waals surface area contributed by atoms with E-state index >= 15 is 0 Å². The Morgan fingerprint density at radius 3 is 2.41 bits per heavy atom. The van der Waals surface area contributed by atoms with Crippen LogP contribution in [0.2, 0.25) is 0 Å². The molecule has 7 rings (SSSR count). The molecule has 0 aromatic carbocycles. The van der Waals surface area contributed by atoms with Crippen LogP contribution in [0.15, 0.2) is 42.5 Å². The predicted molar refractivity (Wildman–Crippen MR) is 173 cm³/mol. The maximum atomic E-state index is 13.5. The van der Waals surface area contributed by atoms with Gasteiger partial charge >= 0.3 is 14.5 Å². The van der Waals surface area contributed by atoms with Crippen LogP contribution in [0.4, 0.5) is 11.8 Å². The zero-order valence-electron chi connectivity index (χ0n) is 26.0. The summed E-state index contributed by atoms with van der Waals surface area (Å²) < 4.78 is 58.6. The first kappa shape index (κ1) is 35.6. The van der Waals surface area contributed by atoms with Crippen molar-refractivity contribution in [1.82, 2.24) is 48.4 Å². The van der Waals surface area contributed by atoms with E-state index in [1.807, 2.05) is 0 Å². The Balaban J connectivity index is 1.10. The number of nitrogen functional groups attached to an aromatic ring is 2. The fourth-order valence-electron chi connectivity index (χ4n) is 5.72. The molecule has 24 nitrogen and oxygen atoms in total. The average molecular weight is 773 g/mol. The molecule has 7 heterocycles. The summed E-state index contributed by atoms with van der Waals surface area (Å²) in [4.78, 5) is 60.2. The highest BCUT2D eigenvalue weighted by Gasteiger charge is 2.52. The van der Waals surface area contributed by atoms with Crippen LogP contribution in [0.1, 0.15) is 12.5 Å². The van der Waals surface area contributed by atoms with Crippen LogP contribution in [0.25, 0.3) is 22.3 Å². The number of aromatic amines is 1. The molecule has 0 aliphatic carbocycles. The van der Waals surface area contributed by atoms with Gasteiger partial charge in [-0.15, -0.1) is 0 Å². The fraction of sp³-hybridized carbons (Fsp3) is 0.458. The molecule has 2 fully saturated rings. The van der Waals surface area contributed by atoms with Gasteiger partial charge in [-0.2, -0.15) is 4.98 Å². The Bertz CT molecular complexity index is 2200. The third kappa shape index (κ3) is 6.67. The number of aliphatic hydroxyl groups excluding tert-OH is 2. The standard InChI is InChI=1S/C24H30N12O12P2S/c1-44-17-16(11(5-51-49(40,41)34-3-2-27-7-34)47-23(17)35-8-30-12-18(25)28-6-29-19(12)35)48-50(42,43)45-4-10-14(37)15(38)22(46-10)36-9-31-13-20(36)32-24(26)33-21(13)39/h2-3,6-11,14-17,22-23,37-38H,4-5H2,1H3,(H,40,41)(H,42,43)(H2,25,28,29)(H3,26,32,33,39)/t10-,11-,14-,15-,16-,17-,22-,23-/m1/s1. The fourth-order valence-corrected chi connectivity index (χ4v) is 9.55. The largest absolute Gasteiger partial charge is 0.472 e. The Labute approximate surface area is 288 Å². The van der Waals surface area contributed by atoms with E-state index in [4.69, 9.17) is 34.7 Å². The summed E-state index contributed by atoms with van der Waals surface area (Å²) in [5, 5.41) is 21.5. The third-order valence-corrected chi connectivity index (χ3v) is 12.8. The topological polar surface area (TPSA) is 338 Å². The summed E-state index contributed by atoms with van der Waals surface area (Å²) in [5.74, 6) is -0.402. The normalized spacial score (nSPS) is 29.1. The number of phosphoric ester groups is 1.